The number of ether oxygens (including phenoxy) is 1. The number of likely N-dealkylation sites (N-methyl/N-ethyl adjacent to an activating group) is 1. The third kappa shape index (κ3) is 4.04. The Balaban J connectivity index is 2.08. The van der Waals surface area contributed by atoms with Crippen molar-refractivity contribution in [2.75, 3.05) is 14.2 Å². The first-order valence-corrected chi connectivity index (χ1v) is 7.44. The van der Waals surface area contributed by atoms with E-state index in [1.54, 1.807) is 13.4 Å². The molecule has 1 aromatic carbocycles. The molecule has 0 aliphatic rings. The average molecular weight is 288 g/mol. The second-order valence-corrected chi connectivity index (χ2v) is 5.11. The monoisotopic (exact) mass is 288 g/mol. The standard InChI is InChI=1S/C16H24N4O/c1-4-9-20-16(18-12-19-20)11-14(17-2)10-13-7-5-6-8-15(13)21-3/h5-8,12,14,17H,4,9-11H2,1-3H3. The van der Waals surface area contributed by atoms with Crippen molar-refractivity contribution >= 4 is 0 Å². The second-order valence-electron chi connectivity index (χ2n) is 5.11. The molecular weight excluding hydrogens is 264 g/mol. The lowest BCUT2D eigenvalue weighted by molar-refractivity contribution is 0.405. The molecule has 0 spiro atoms. The third-order valence-electron chi connectivity index (χ3n) is 3.63. The lowest BCUT2D eigenvalue weighted by atomic mass is 10.0. The Morgan fingerprint density at radius 1 is 1.29 bits per heavy atom. The zero-order chi connectivity index (χ0) is 15.1. The van der Waals surface area contributed by atoms with E-state index in [9.17, 15) is 0 Å². The topological polar surface area (TPSA) is 52.0 Å². The number of aryl methyl sites for hydroxylation is 1. The lowest BCUT2D eigenvalue weighted by Crippen LogP contribution is -2.31. The maximum absolute atomic E-state index is 5.43. The predicted molar refractivity (Wildman–Crippen MR) is 83.6 cm³/mol. The number of hydrogen-bond donors (Lipinski definition) is 1. The second kappa shape index (κ2) is 7.78. The molecule has 5 heteroatoms. The van der Waals surface area contributed by atoms with E-state index < -0.39 is 0 Å². The Kier molecular flexibility index (Phi) is 5.75. The molecule has 0 saturated carbocycles. The number of nitrogens with one attached hydrogen (secondary N) is 1. The van der Waals surface area contributed by atoms with E-state index in [4.69, 9.17) is 4.74 Å². The number of methoxy groups -OCH3 is 1. The van der Waals surface area contributed by atoms with Crippen LogP contribution in [-0.2, 0) is 19.4 Å². The van der Waals surface area contributed by atoms with E-state index in [0.29, 0.717) is 6.04 Å². The fourth-order valence-corrected chi connectivity index (χ4v) is 2.48. The molecule has 2 aromatic rings. The summed E-state index contributed by atoms with van der Waals surface area (Å²) in [4.78, 5) is 4.39. The van der Waals surface area contributed by atoms with Crippen LogP contribution in [-0.4, -0.2) is 35.0 Å². The fraction of sp³-hybridized carbons (Fsp3) is 0.500. The van der Waals surface area contributed by atoms with Crippen molar-refractivity contribution < 1.29 is 4.74 Å². The van der Waals surface area contributed by atoms with Gasteiger partial charge in [0.05, 0.1) is 7.11 Å². The van der Waals surface area contributed by atoms with Gasteiger partial charge in [-0.3, -0.25) is 4.68 Å². The maximum Gasteiger partial charge on any atom is 0.138 e. The molecule has 1 unspecified atom stereocenters. The first kappa shape index (κ1) is 15.5. The van der Waals surface area contributed by atoms with Gasteiger partial charge in [0, 0.05) is 19.0 Å². The summed E-state index contributed by atoms with van der Waals surface area (Å²) >= 11 is 0. The summed E-state index contributed by atoms with van der Waals surface area (Å²) < 4.78 is 7.42. The van der Waals surface area contributed by atoms with Crippen LogP contribution in [0.15, 0.2) is 30.6 Å². The lowest BCUT2D eigenvalue weighted by Gasteiger charge is -2.18. The van der Waals surface area contributed by atoms with Crippen LogP contribution >= 0.6 is 0 Å². The van der Waals surface area contributed by atoms with E-state index in [0.717, 1.165) is 37.4 Å². The number of aromatic nitrogens is 3. The molecule has 2 rings (SSSR count). The number of nitrogens with zero attached hydrogens (tertiary/aromatic N) is 3. The summed E-state index contributed by atoms with van der Waals surface area (Å²) in [7, 11) is 3.70. The number of benzene rings is 1. The van der Waals surface area contributed by atoms with Crippen molar-refractivity contribution in [2.45, 2.75) is 38.8 Å². The Bertz CT molecular complexity index is 553. The van der Waals surface area contributed by atoms with Gasteiger partial charge in [-0.25, -0.2) is 4.98 Å². The number of rotatable bonds is 8. The van der Waals surface area contributed by atoms with Gasteiger partial charge < -0.3 is 10.1 Å². The Morgan fingerprint density at radius 2 is 2.10 bits per heavy atom. The maximum atomic E-state index is 5.43. The molecule has 0 saturated heterocycles. The van der Waals surface area contributed by atoms with Crippen LogP contribution in [0.1, 0.15) is 24.7 Å². The smallest absolute Gasteiger partial charge is 0.138 e. The summed E-state index contributed by atoms with van der Waals surface area (Å²) in [6.07, 6.45) is 4.46. The molecule has 0 bridgehead atoms. The minimum atomic E-state index is 0.307. The molecule has 21 heavy (non-hydrogen) atoms. The molecule has 0 aliphatic heterocycles. The van der Waals surface area contributed by atoms with Crippen molar-refractivity contribution in [2.24, 2.45) is 0 Å². The third-order valence-corrected chi connectivity index (χ3v) is 3.63. The summed E-state index contributed by atoms with van der Waals surface area (Å²) in [6, 6.07) is 8.46. The van der Waals surface area contributed by atoms with Gasteiger partial charge in [-0.15, -0.1) is 0 Å². The molecule has 1 N–H and O–H groups in total. The van der Waals surface area contributed by atoms with E-state index in [1.807, 2.05) is 29.9 Å². The highest BCUT2D eigenvalue weighted by Gasteiger charge is 2.14. The predicted octanol–water partition coefficient (Wildman–Crippen LogP) is 2.07. The van der Waals surface area contributed by atoms with Crippen LogP contribution in [0, 0.1) is 0 Å². The SMILES string of the molecule is CCCn1ncnc1CC(Cc1ccccc1OC)NC. The molecule has 1 aromatic heterocycles. The van der Waals surface area contributed by atoms with E-state index in [2.05, 4.69) is 28.4 Å². The summed E-state index contributed by atoms with van der Waals surface area (Å²) in [6.45, 7) is 3.07. The molecule has 1 heterocycles. The number of para-hydroxylation sites is 1. The largest absolute Gasteiger partial charge is 0.496 e. The van der Waals surface area contributed by atoms with Crippen molar-refractivity contribution in [3.63, 3.8) is 0 Å². The quantitative estimate of drug-likeness (QED) is 0.808. The summed E-state index contributed by atoms with van der Waals surface area (Å²) in [5.41, 5.74) is 1.21. The van der Waals surface area contributed by atoms with Crippen LogP contribution in [0.5, 0.6) is 5.75 Å². The molecule has 0 fully saturated rings. The van der Waals surface area contributed by atoms with Gasteiger partial charge in [-0.1, -0.05) is 25.1 Å². The van der Waals surface area contributed by atoms with Gasteiger partial charge in [0.25, 0.3) is 0 Å². The van der Waals surface area contributed by atoms with Crippen LogP contribution < -0.4 is 10.1 Å². The highest BCUT2D eigenvalue weighted by molar-refractivity contribution is 5.33. The van der Waals surface area contributed by atoms with Crippen molar-refractivity contribution in [1.29, 1.82) is 0 Å². The Morgan fingerprint density at radius 3 is 2.81 bits per heavy atom. The molecular formula is C16H24N4O. The van der Waals surface area contributed by atoms with Gasteiger partial charge in [0.2, 0.25) is 0 Å². The highest BCUT2D eigenvalue weighted by Crippen LogP contribution is 2.19. The molecule has 0 aliphatic carbocycles. The minimum absolute atomic E-state index is 0.307. The van der Waals surface area contributed by atoms with Gasteiger partial charge in [-0.05, 0) is 31.5 Å². The van der Waals surface area contributed by atoms with Crippen molar-refractivity contribution in [3.8, 4) is 5.75 Å². The van der Waals surface area contributed by atoms with Crippen LogP contribution in [0.2, 0.25) is 0 Å². The van der Waals surface area contributed by atoms with E-state index in [1.165, 1.54) is 5.56 Å². The highest BCUT2D eigenvalue weighted by atomic mass is 16.5. The molecule has 1 atom stereocenters. The van der Waals surface area contributed by atoms with Crippen LogP contribution in [0.25, 0.3) is 0 Å². The van der Waals surface area contributed by atoms with Gasteiger partial charge in [0.15, 0.2) is 0 Å². The minimum Gasteiger partial charge on any atom is -0.496 e. The molecule has 5 nitrogen and oxygen atoms in total. The fourth-order valence-electron chi connectivity index (χ4n) is 2.48. The van der Waals surface area contributed by atoms with Crippen LogP contribution in [0.3, 0.4) is 0 Å². The Hall–Kier alpha value is -1.88. The molecule has 0 radical (unpaired) electrons. The first-order valence-electron chi connectivity index (χ1n) is 7.44. The van der Waals surface area contributed by atoms with Gasteiger partial charge in [0.1, 0.15) is 17.9 Å². The Labute approximate surface area is 126 Å². The van der Waals surface area contributed by atoms with Gasteiger partial charge in [-0.2, -0.15) is 5.10 Å². The van der Waals surface area contributed by atoms with Crippen LogP contribution in [0.4, 0.5) is 0 Å². The first-order chi connectivity index (χ1) is 10.3. The van der Waals surface area contributed by atoms with E-state index in [-0.39, 0.29) is 0 Å². The normalized spacial score (nSPS) is 12.3. The summed E-state index contributed by atoms with van der Waals surface area (Å²) in [5, 5.41) is 7.66. The average Bonchev–Trinajstić information content (AvgIpc) is 2.94. The van der Waals surface area contributed by atoms with Crippen molar-refractivity contribution in [1.82, 2.24) is 20.1 Å². The zero-order valence-electron chi connectivity index (χ0n) is 13.0. The molecule has 0 amide bonds. The molecule has 114 valence electrons. The number of hydrogen-bond acceptors (Lipinski definition) is 4. The van der Waals surface area contributed by atoms with Gasteiger partial charge >= 0.3 is 0 Å². The van der Waals surface area contributed by atoms with Crippen molar-refractivity contribution in [3.05, 3.63) is 42.0 Å². The van der Waals surface area contributed by atoms with E-state index >= 15 is 0 Å². The zero-order valence-corrected chi connectivity index (χ0v) is 13.0. The summed E-state index contributed by atoms with van der Waals surface area (Å²) in [5.74, 6) is 1.97.